The Kier molecular flexibility index (Phi) is 11.8. The van der Waals surface area contributed by atoms with E-state index < -0.39 is 0 Å². The van der Waals surface area contributed by atoms with Crippen LogP contribution in [0.5, 0.6) is 11.5 Å². The standard InChI is InChI=1S/C20H25BrClNO3.ClH/c1-3-25-10-6-9-23-13-15-11-17(21)20(19(12-15)24-2)26-14-16-7-4-5-8-18(16)22;/h4-5,7-8,11-12,23H,3,6,9-10,13-14H2,1-2H3;1H. The fourth-order valence-electron chi connectivity index (χ4n) is 2.46. The van der Waals surface area contributed by atoms with Gasteiger partial charge in [0.05, 0.1) is 11.6 Å². The van der Waals surface area contributed by atoms with Crippen molar-refractivity contribution in [3.05, 3.63) is 57.0 Å². The van der Waals surface area contributed by atoms with Crippen molar-refractivity contribution >= 4 is 39.9 Å². The molecule has 0 radical (unpaired) electrons. The van der Waals surface area contributed by atoms with Gasteiger partial charge in [-0.3, -0.25) is 0 Å². The quantitative estimate of drug-likeness (QED) is 0.425. The second-order valence-electron chi connectivity index (χ2n) is 5.72. The number of rotatable bonds is 11. The summed E-state index contributed by atoms with van der Waals surface area (Å²) in [5.74, 6) is 1.37. The highest BCUT2D eigenvalue weighted by molar-refractivity contribution is 9.10. The molecule has 27 heavy (non-hydrogen) atoms. The molecular formula is C20H26BrCl2NO3. The Morgan fingerprint density at radius 1 is 1.19 bits per heavy atom. The van der Waals surface area contributed by atoms with E-state index in [-0.39, 0.29) is 12.4 Å². The largest absolute Gasteiger partial charge is 0.493 e. The second kappa shape index (κ2) is 13.2. The lowest BCUT2D eigenvalue weighted by Crippen LogP contribution is -2.16. The van der Waals surface area contributed by atoms with Crippen molar-refractivity contribution in [3.8, 4) is 11.5 Å². The minimum absolute atomic E-state index is 0. The van der Waals surface area contributed by atoms with Crippen LogP contribution < -0.4 is 14.8 Å². The fourth-order valence-corrected chi connectivity index (χ4v) is 3.25. The first-order valence-corrected chi connectivity index (χ1v) is 9.83. The zero-order chi connectivity index (χ0) is 18.8. The van der Waals surface area contributed by atoms with Gasteiger partial charge in [-0.2, -0.15) is 0 Å². The van der Waals surface area contributed by atoms with E-state index in [2.05, 4.69) is 21.2 Å². The molecule has 0 aliphatic rings. The third-order valence-corrected chi connectivity index (χ3v) is 4.75. The van der Waals surface area contributed by atoms with Crippen LogP contribution in [0, 0.1) is 0 Å². The predicted molar refractivity (Wildman–Crippen MR) is 117 cm³/mol. The summed E-state index contributed by atoms with van der Waals surface area (Å²) in [4.78, 5) is 0. The third kappa shape index (κ3) is 7.88. The van der Waals surface area contributed by atoms with E-state index in [1.807, 2.05) is 43.3 Å². The predicted octanol–water partition coefficient (Wildman–Crippen LogP) is 5.63. The highest BCUT2D eigenvalue weighted by Crippen LogP contribution is 2.37. The van der Waals surface area contributed by atoms with Crippen molar-refractivity contribution in [3.63, 3.8) is 0 Å². The molecule has 0 spiro atoms. The molecule has 7 heteroatoms. The van der Waals surface area contributed by atoms with Crippen molar-refractivity contribution in [2.24, 2.45) is 0 Å². The summed E-state index contributed by atoms with van der Waals surface area (Å²) in [6, 6.07) is 11.7. The van der Waals surface area contributed by atoms with E-state index in [9.17, 15) is 0 Å². The number of ether oxygens (including phenoxy) is 3. The first-order chi connectivity index (χ1) is 12.7. The highest BCUT2D eigenvalue weighted by Gasteiger charge is 2.12. The number of hydrogen-bond acceptors (Lipinski definition) is 4. The molecule has 0 bridgehead atoms. The maximum Gasteiger partial charge on any atom is 0.175 e. The first kappa shape index (κ1) is 24.1. The van der Waals surface area contributed by atoms with Crippen LogP contribution in [0.4, 0.5) is 0 Å². The lowest BCUT2D eigenvalue weighted by Gasteiger charge is -2.15. The smallest absolute Gasteiger partial charge is 0.175 e. The number of methoxy groups -OCH3 is 1. The van der Waals surface area contributed by atoms with Crippen LogP contribution in [0.2, 0.25) is 5.02 Å². The Hall–Kier alpha value is -0.980. The minimum Gasteiger partial charge on any atom is -0.493 e. The molecule has 0 unspecified atom stereocenters. The Morgan fingerprint density at radius 3 is 2.67 bits per heavy atom. The van der Waals surface area contributed by atoms with Gasteiger partial charge >= 0.3 is 0 Å². The average Bonchev–Trinajstić information content (AvgIpc) is 2.64. The molecule has 0 saturated heterocycles. The molecule has 0 saturated carbocycles. The van der Waals surface area contributed by atoms with Gasteiger partial charge in [0.1, 0.15) is 6.61 Å². The maximum atomic E-state index is 6.19. The van der Waals surface area contributed by atoms with E-state index >= 15 is 0 Å². The minimum atomic E-state index is 0. The van der Waals surface area contributed by atoms with E-state index in [4.69, 9.17) is 25.8 Å². The SMILES string of the molecule is CCOCCCNCc1cc(Br)c(OCc2ccccc2Cl)c(OC)c1.Cl. The normalized spacial score (nSPS) is 10.4. The van der Waals surface area contributed by atoms with Gasteiger partial charge < -0.3 is 19.5 Å². The van der Waals surface area contributed by atoms with Gasteiger partial charge in [-0.1, -0.05) is 29.8 Å². The molecule has 0 aliphatic heterocycles. The van der Waals surface area contributed by atoms with Crippen LogP contribution in [-0.2, 0) is 17.9 Å². The van der Waals surface area contributed by atoms with Gasteiger partial charge in [-0.05, 0) is 59.6 Å². The fraction of sp³-hybridized carbons (Fsp3) is 0.400. The number of benzene rings is 2. The Balaban J connectivity index is 0.00000364. The molecule has 0 aliphatic carbocycles. The van der Waals surface area contributed by atoms with Crippen LogP contribution in [0.1, 0.15) is 24.5 Å². The van der Waals surface area contributed by atoms with Gasteiger partial charge in [0.25, 0.3) is 0 Å². The zero-order valence-electron chi connectivity index (χ0n) is 15.6. The van der Waals surface area contributed by atoms with Gasteiger partial charge in [0, 0.05) is 30.3 Å². The molecule has 2 aromatic carbocycles. The van der Waals surface area contributed by atoms with Gasteiger partial charge in [-0.15, -0.1) is 12.4 Å². The molecular weight excluding hydrogens is 453 g/mol. The van der Waals surface area contributed by atoms with E-state index in [0.29, 0.717) is 23.1 Å². The number of nitrogens with one attached hydrogen (secondary N) is 1. The van der Waals surface area contributed by atoms with Crippen LogP contribution >= 0.6 is 39.9 Å². The van der Waals surface area contributed by atoms with Crippen LogP contribution in [0.25, 0.3) is 0 Å². The number of hydrogen-bond donors (Lipinski definition) is 1. The summed E-state index contributed by atoms with van der Waals surface area (Å²) in [7, 11) is 1.64. The van der Waals surface area contributed by atoms with Crippen LogP contribution in [0.3, 0.4) is 0 Å². The summed E-state index contributed by atoms with van der Waals surface area (Å²) >= 11 is 9.78. The summed E-state index contributed by atoms with van der Waals surface area (Å²) in [6.45, 7) is 5.60. The summed E-state index contributed by atoms with van der Waals surface area (Å²) in [5.41, 5.74) is 2.05. The van der Waals surface area contributed by atoms with E-state index in [0.717, 1.165) is 48.3 Å². The zero-order valence-corrected chi connectivity index (χ0v) is 18.8. The molecule has 0 atom stereocenters. The third-order valence-electron chi connectivity index (χ3n) is 3.79. The maximum absolute atomic E-state index is 6.19. The van der Waals surface area contributed by atoms with Crippen molar-refractivity contribution in [1.82, 2.24) is 5.32 Å². The molecule has 0 fully saturated rings. The van der Waals surface area contributed by atoms with Crippen molar-refractivity contribution in [1.29, 1.82) is 0 Å². The van der Waals surface area contributed by atoms with Gasteiger partial charge in [0.15, 0.2) is 11.5 Å². The molecule has 1 N–H and O–H groups in total. The monoisotopic (exact) mass is 477 g/mol. The topological polar surface area (TPSA) is 39.7 Å². The Morgan fingerprint density at radius 2 is 1.96 bits per heavy atom. The van der Waals surface area contributed by atoms with Gasteiger partial charge in [-0.25, -0.2) is 0 Å². The molecule has 0 heterocycles. The summed E-state index contributed by atoms with van der Waals surface area (Å²) in [5, 5.41) is 4.10. The molecule has 2 aromatic rings. The van der Waals surface area contributed by atoms with Crippen LogP contribution in [0.15, 0.2) is 40.9 Å². The lowest BCUT2D eigenvalue weighted by molar-refractivity contribution is 0.144. The molecule has 0 amide bonds. The molecule has 150 valence electrons. The number of halogens is 3. The van der Waals surface area contributed by atoms with E-state index in [1.54, 1.807) is 7.11 Å². The Labute approximate surface area is 181 Å². The second-order valence-corrected chi connectivity index (χ2v) is 6.98. The van der Waals surface area contributed by atoms with Crippen molar-refractivity contribution < 1.29 is 14.2 Å². The van der Waals surface area contributed by atoms with E-state index in [1.165, 1.54) is 0 Å². The summed E-state index contributed by atoms with van der Waals surface area (Å²) in [6.07, 6.45) is 0.991. The average molecular weight is 479 g/mol. The van der Waals surface area contributed by atoms with Crippen LogP contribution in [-0.4, -0.2) is 26.9 Å². The summed E-state index contributed by atoms with van der Waals surface area (Å²) < 4.78 is 17.7. The van der Waals surface area contributed by atoms with Gasteiger partial charge in [0.2, 0.25) is 0 Å². The first-order valence-electron chi connectivity index (χ1n) is 8.66. The van der Waals surface area contributed by atoms with Crippen molar-refractivity contribution in [2.45, 2.75) is 26.5 Å². The molecule has 2 rings (SSSR count). The molecule has 0 aromatic heterocycles. The Bertz CT molecular complexity index is 701. The lowest BCUT2D eigenvalue weighted by atomic mass is 10.2. The molecule has 4 nitrogen and oxygen atoms in total. The van der Waals surface area contributed by atoms with Crippen molar-refractivity contribution in [2.75, 3.05) is 26.9 Å². The highest BCUT2D eigenvalue weighted by atomic mass is 79.9.